The first-order valence-electron chi connectivity index (χ1n) is 21.0. The SMILES string of the molecule is CC(C)CCCC(C)CCSC(=O)CCCCCCCC(CCCCCCCC(=O)SCCC(C)CCCC(C)C)OC(=O)CCCN(C)C. The quantitative estimate of drug-likeness (QED) is 0.0473. The Morgan fingerprint density at radius 1 is 0.480 bits per heavy atom. The van der Waals surface area contributed by atoms with Crippen LogP contribution in [0, 0.1) is 23.7 Å². The van der Waals surface area contributed by atoms with Gasteiger partial charge in [-0.1, -0.05) is 142 Å². The standard InChI is InChI=1S/C43H83NO4S2/c1-36(2)22-19-24-38(5)31-34-49-42(46)29-17-13-9-11-15-26-40(48-41(45)28-21-33-44(7)8)27-16-12-10-14-18-30-43(47)50-35-32-39(6)25-20-23-37(3)4/h36-40H,9-35H2,1-8H3. The molecule has 0 aromatic carbocycles. The number of ether oxygens (including phenoxy) is 1. The number of carbonyl (C=O) groups excluding carboxylic acids is 3. The second-order valence-corrected chi connectivity index (χ2v) is 18.8. The predicted octanol–water partition coefficient (Wildman–Crippen LogP) is 12.9. The number of hydrogen-bond donors (Lipinski definition) is 0. The van der Waals surface area contributed by atoms with Gasteiger partial charge < -0.3 is 9.64 Å². The lowest BCUT2D eigenvalue weighted by molar-refractivity contribution is -0.150. The molecule has 0 amide bonds. The molecule has 0 spiro atoms. The van der Waals surface area contributed by atoms with Crippen molar-refractivity contribution in [3.05, 3.63) is 0 Å². The van der Waals surface area contributed by atoms with E-state index in [0.717, 1.165) is 126 Å². The number of thioether (sulfide) groups is 2. The van der Waals surface area contributed by atoms with Gasteiger partial charge in [-0.05, 0) is 102 Å². The number of unbranched alkanes of at least 4 members (excludes halogenated alkanes) is 8. The van der Waals surface area contributed by atoms with Crippen LogP contribution in [0.1, 0.15) is 196 Å². The van der Waals surface area contributed by atoms with Crippen molar-refractivity contribution >= 4 is 39.7 Å². The Bertz CT molecular complexity index is 767. The Morgan fingerprint density at radius 3 is 1.32 bits per heavy atom. The molecular weight excluding hydrogens is 659 g/mol. The van der Waals surface area contributed by atoms with E-state index in [1.54, 1.807) is 23.5 Å². The topological polar surface area (TPSA) is 63.7 Å². The van der Waals surface area contributed by atoms with E-state index < -0.39 is 0 Å². The minimum Gasteiger partial charge on any atom is -0.462 e. The zero-order chi connectivity index (χ0) is 37.4. The van der Waals surface area contributed by atoms with Gasteiger partial charge in [-0.2, -0.15) is 0 Å². The van der Waals surface area contributed by atoms with Crippen LogP contribution in [0.4, 0.5) is 0 Å². The molecule has 0 radical (unpaired) electrons. The predicted molar refractivity (Wildman–Crippen MR) is 222 cm³/mol. The third-order valence-corrected chi connectivity index (χ3v) is 11.7. The van der Waals surface area contributed by atoms with Crippen molar-refractivity contribution in [1.82, 2.24) is 4.90 Å². The molecule has 2 atom stereocenters. The van der Waals surface area contributed by atoms with E-state index in [1.165, 1.54) is 38.5 Å². The second kappa shape index (κ2) is 34.3. The summed E-state index contributed by atoms with van der Waals surface area (Å²) in [6.45, 7) is 14.7. The van der Waals surface area contributed by atoms with Gasteiger partial charge >= 0.3 is 5.97 Å². The van der Waals surface area contributed by atoms with Crippen LogP contribution in [-0.2, 0) is 19.1 Å². The van der Waals surface area contributed by atoms with Crippen molar-refractivity contribution < 1.29 is 19.1 Å². The third kappa shape index (κ3) is 35.9. The van der Waals surface area contributed by atoms with Crippen LogP contribution in [0.15, 0.2) is 0 Å². The molecule has 296 valence electrons. The molecule has 0 aliphatic carbocycles. The van der Waals surface area contributed by atoms with E-state index in [2.05, 4.69) is 46.4 Å². The molecule has 0 fully saturated rings. The molecule has 7 heteroatoms. The van der Waals surface area contributed by atoms with E-state index in [9.17, 15) is 14.4 Å². The summed E-state index contributed by atoms with van der Waals surface area (Å²) >= 11 is 3.09. The fourth-order valence-corrected chi connectivity index (χ4v) is 8.39. The molecule has 5 nitrogen and oxygen atoms in total. The van der Waals surface area contributed by atoms with Crippen molar-refractivity contribution in [3.63, 3.8) is 0 Å². The van der Waals surface area contributed by atoms with Gasteiger partial charge in [0.25, 0.3) is 0 Å². The lowest BCUT2D eigenvalue weighted by Gasteiger charge is -2.18. The van der Waals surface area contributed by atoms with Gasteiger partial charge in [-0.3, -0.25) is 14.4 Å². The van der Waals surface area contributed by atoms with Gasteiger partial charge in [0.1, 0.15) is 6.10 Å². The molecule has 0 aromatic rings. The summed E-state index contributed by atoms with van der Waals surface area (Å²) in [5.41, 5.74) is 0. The van der Waals surface area contributed by atoms with E-state index in [1.807, 2.05) is 14.1 Å². The van der Waals surface area contributed by atoms with Crippen LogP contribution in [0.3, 0.4) is 0 Å². The molecule has 2 unspecified atom stereocenters. The third-order valence-electron chi connectivity index (χ3n) is 9.80. The summed E-state index contributed by atoms with van der Waals surface area (Å²) in [5.74, 6) is 4.88. The van der Waals surface area contributed by atoms with Crippen molar-refractivity contribution in [2.75, 3.05) is 32.1 Å². The van der Waals surface area contributed by atoms with E-state index in [0.29, 0.717) is 41.3 Å². The summed E-state index contributed by atoms with van der Waals surface area (Å²) in [7, 11) is 4.07. The average Bonchev–Trinajstić information content (AvgIpc) is 3.03. The van der Waals surface area contributed by atoms with Crippen LogP contribution >= 0.6 is 23.5 Å². The maximum absolute atomic E-state index is 12.6. The maximum atomic E-state index is 12.6. The number of rotatable bonds is 35. The van der Waals surface area contributed by atoms with Crippen molar-refractivity contribution in [2.24, 2.45) is 23.7 Å². The number of carbonyl (C=O) groups is 3. The maximum Gasteiger partial charge on any atom is 0.306 e. The largest absolute Gasteiger partial charge is 0.462 e. The summed E-state index contributed by atoms with van der Waals surface area (Å²) in [4.78, 5) is 39.3. The van der Waals surface area contributed by atoms with Gasteiger partial charge in [-0.15, -0.1) is 0 Å². The van der Waals surface area contributed by atoms with Crippen molar-refractivity contribution in [3.8, 4) is 0 Å². The van der Waals surface area contributed by atoms with E-state index in [4.69, 9.17) is 4.74 Å². The molecular formula is C43H83NO4S2. The highest BCUT2D eigenvalue weighted by Crippen LogP contribution is 2.22. The monoisotopic (exact) mass is 742 g/mol. The average molecular weight is 742 g/mol. The molecule has 0 saturated heterocycles. The second-order valence-electron chi connectivity index (χ2n) is 16.5. The molecule has 50 heavy (non-hydrogen) atoms. The minimum absolute atomic E-state index is 0.0124. The van der Waals surface area contributed by atoms with Gasteiger partial charge in [0.05, 0.1) is 0 Å². The lowest BCUT2D eigenvalue weighted by Crippen LogP contribution is -2.20. The zero-order valence-electron chi connectivity index (χ0n) is 34.4. The van der Waals surface area contributed by atoms with Crippen LogP contribution in [0.2, 0.25) is 0 Å². The minimum atomic E-state index is -0.0567. The molecule has 0 N–H and O–H groups in total. The molecule has 0 aromatic heterocycles. The number of nitrogens with zero attached hydrogens (tertiary/aromatic N) is 1. The number of hydrogen-bond acceptors (Lipinski definition) is 7. The van der Waals surface area contributed by atoms with Gasteiger partial charge in [0.2, 0.25) is 0 Å². The van der Waals surface area contributed by atoms with Gasteiger partial charge in [0, 0.05) is 30.8 Å². The Balaban J connectivity index is 4.15. The molecule has 0 rings (SSSR count). The summed E-state index contributed by atoms with van der Waals surface area (Å²) < 4.78 is 5.97. The summed E-state index contributed by atoms with van der Waals surface area (Å²) in [6.07, 6.45) is 25.6. The first kappa shape index (κ1) is 49.5. The fourth-order valence-electron chi connectivity index (χ4n) is 6.32. The van der Waals surface area contributed by atoms with E-state index in [-0.39, 0.29) is 12.1 Å². The van der Waals surface area contributed by atoms with Crippen molar-refractivity contribution in [2.45, 2.75) is 202 Å². The first-order chi connectivity index (χ1) is 23.9. The highest BCUT2D eigenvalue weighted by Gasteiger charge is 2.15. The molecule has 0 saturated carbocycles. The molecule has 0 bridgehead atoms. The van der Waals surface area contributed by atoms with Gasteiger partial charge in [0.15, 0.2) is 10.2 Å². The van der Waals surface area contributed by atoms with Crippen LogP contribution in [-0.4, -0.2) is 59.3 Å². The van der Waals surface area contributed by atoms with Crippen LogP contribution in [0.25, 0.3) is 0 Å². The zero-order valence-corrected chi connectivity index (χ0v) is 36.0. The Labute approximate surface area is 320 Å². The van der Waals surface area contributed by atoms with Gasteiger partial charge in [-0.25, -0.2) is 0 Å². The summed E-state index contributed by atoms with van der Waals surface area (Å²) in [6, 6.07) is 0. The summed E-state index contributed by atoms with van der Waals surface area (Å²) in [5, 5.41) is 0.720. The van der Waals surface area contributed by atoms with Crippen molar-refractivity contribution in [1.29, 1.82) is 0 Å². The Morgan fingerprint density at radius 2 is 0.900 bits per heavy atom. The molecule has 0 aliphatic heterocycles. The lowest BCUT2D eigenvalue weighted by atomic mass is 9.98. The molecule has 0 aliphatic rings. The Kier molecular flexibility index (Phi) is 33.9. The van der Waals surface area contributed by atoms with E-state index >= 15 is 0 Å². The smallest absolute Gasteiger partial charge is 0.306 e. The number of esters is 1. The van der Waals surface area contributed by atoms with Crippen LogP contribution < -0.4 is 0 Å². The highest BCUT2D eigenvalue weighted by atomic mass is 32.2. The molecule has 0 heterocycles. The fraction of sp³-hybridized carbons (Fsp3) is 0.930. The highest BCUT2D eigenvalue weighted by molar-refractivity contribution is 8.13. The Hall–Kier alpha value is -0.530. The normalized spacial score (nSPS) is 13.7. The van der Waals surface area contributed by atoms with Crippen LogP contribution in [0.5, 0.6) is 0 Å². The first-order valence-corrected chi connectivity index (χ1v) is 23.0.